The minimum absolute atomic E-state index is 0.0452. The fraction of sp³-hybridized carbons (Fsp3) is 0.167. The third-order valence-electron chi connectivity index (χ3n) is 2.08. The molecule has 0 aliphatic carbocycles. The van der Waals surface area contributed by atoms with Gasteiger partial charge in [-0.05, 0) is 30.7 Å². The Labute approximate surface area is 93.6 Å². The number of methoxy groups -OCH3 is 1. The highest BCUT2D eigenvalue weighted by Gasteiger charge is 2.06. The van der Waals surface area contributed by atoms with E-state index < -0.39 is 0 Å². The van der Waals surface area contributed by atoms with Gasteiger partial charge in [0.2, 0.25) is 0 Å². The average molecular weight is 214 g/mol. The molecular weight excluding hydrogens is 204 g/mol. The number of benzene rings is 1. The summed E-state index contributed by atoms with van der Waals surface area (Å²) < 4.78 is 5.03. The number of nitriles is 2. The Bertz CT molecular complexity index is 503. The van der Waals surface area contributed by atoms with Gasteiger partial charge >= 0.3 is 0 Å². The molecule has 0 saturated heterocycles. The molecule has 1 aromatic carbocycles. The number of aromatic hydroxyl groups is 1. The van der Waals surface area contributed by atoms with Crippen molar-refractivity contribution in [1.29, 1.82) is 10.5 Å². The minimum atomic E-state index is -0.0667. The molecule has 0 aliphatic rings. The van der Waals surface area contributed by atoms with E-state index in [2.05, 4.69) is 0 Å². The number of allylic oxidation sites excluding steroid dienone is 1. The number of nitrogens with zero attached hydrogens (tertiary/aromatic N) is 2. The number of rotatable bonds is 2. The molecular formula is C12H10N2O2. The summed E-state index contributed by atoms with van der Waals surface area (Å²) >= 11 is 0. The van der Waals surface area contributed by atoms with Gasteiger partial charge in [0.25, 0.3) is 0 Å². The summed E-state index contributed by atoms with van der Waals surface area (Å²) in [5.74, 6) is 0.612. The van der Waals surface area contributed by atoms with Crippen LogP contribution >= 0.6 is 0 Å². The van der Waals surface area contributed by atoms with E-state index in [-0.39, 0.29) is 11.3 Å². The Hall–Kier alpha value is -2.46. The lowest BCUT2D eigenvalue weighted by Gasteiger charge is -2.06. The lowest BCUT2D eigenvalue weighted by Crippen LogP contribution is -1.87. The average Bonchev–Trinajstić information content (AvgIpc) is 2.30. The van der Waals surface area contributed by atoms with E-state index in [1.165, 1.54) is 13.2 Å². The van der Waals surface area contributed by atoms with Crippen LogP contribution in [0.15, 0.2) is 17.7 Å². The standard InChI is InChI=1S/C12H10N2O2/c1-8-3-11(16-2)5-10(12(8)15)4-9(6-13)7-14/h3-5,15H,1-2H3. The third kappa shape index (κ3) is 2.31. The van der Waals surface area contributed by atoms with Crippen LogP contribution in [0, 0.1) is 29.6 Å². The Morgan fingerprint density at radius 3 is 2.50 bits per heavy atom. The van der Waals surface area contributed by atoms with Gasteiger partial charge in [0.05, 0.1) is 7.11 Å². The Morgan fingerprint density at radius 1 is 1.38 bits per heavy atom. The Morgan fingerprint density at radius 2 is 2.00 bits per heavy atom. The highest BCUT2D eigenvalue weighted by Crippen LogP contribution is 2.29. The normalized spacial score (nSPS) is 8.75. The van der Waals surface area contributed by atoms with Gasteiger partial charge < -0.3 is 9.84 Å². The summed E-state index contributed by atoms with van der Waals surface area (Å²) in [5.41, 5.74) is 0.957. The van der Waals surface area contributed by atoms with Gasteiger partial charge in [-0.25, -0.2) is 0 Å². The minimum Gasteiger partial charge on any atom is -0.507 e. The number of hydrogen-bond donors (Lipinski definition) is 1. The maximum Gasteiger partial charge on any atom is 0.130 e. The largest absolute Gasteiger partial charge is 0.507 e. The first-order valence-corrected chi connectivity index (χ1v) is 4.52. The zero-order valence-corrected chi connectivity index (χ0v) is 8.98. The van der Waals surface area contributed by atoms with Crippen LogP contribution in [0.1, 0.15) is 11.1 Å². The van der Waals surface area contributed by atoms with Crippen molar-refractivity contribution >= 4 is 6.08 Å². The number of phenols is 1. The van der Waals surface area contributed by atoms with Crippen molar-refractivity contribution in [2.24, 2.45) is 0 Å². The van der Waals surface area contributed by atoms with Gasteiger partial charge in [0.1, 0.15) is 29.2 Å². The molecule has 0 aliphatic heterocycles. The second-order valence-electron chi connectivity index (χ2n) is 3.16. The van der Waals surface area contributed by atoms with Gasteiger partial charge in [0.15, 0.2) is 0 Å². The van der Waals surface area contributed by atoms with Gasteiger partial charge in [-0.15, -0.1) is 0 Å². The van der Waals surface area contributed by atoms with Crippen molar-refractivity contribution in [2.45, 2.75) is 6.92 Å². The summed E-state index contributed by atoms with van der Waals surface area (Å²) in [6.45, 7) is 1.72. The summed E-state index contributed by atoms with van der Waals surface area (Å²) in [7, 11) is 1.51. The zero-order valence-electron chi connectivity index (χ0n) is 8.98. The smallest absolute Gasteiger partial charge is 0.130 e. The second kappa shape index (κ2) is 4.86. The molecule has 16 heavy (non-hydrogen) atoms. The topological polar surface area (TPSA) is 77.0 Å². The van der Waals surface area contributed by atoms with Crippen LogP contribution in [0.2, 0.25) is 0 Å². The molecule has 4 nitrogen and oxygen atoms in total. The molecule has 0 spiro atoms. The molecule has 80 valence electrons. The highest BCUT2D eigenvalue weighted by atomic mass is 16.5. The predicted octanol–water partition coefficient (Wildman–Crippen LogP) is 2.14. The van der Waals surface area contributed by atoms with Crippen LogP contribution in [-0.4, -0.2) is 12.2 Å². The van der Waals surface area contributed by atoms with E-state index in [9.17, 15) is 5.11 Å². The van der Waals surface area contributed by atoms with Crippen molar-refractivity contribution in [3.63, 3.8) is 0 Å². The van der Waals surface area contributed by atoms with E-state index >= 15 is 0 Å². The van der Waals surface area contributed by atoms with Gasteiger partial charge in [-0.3, -0.25) is 0 Å². The van der Waals surface area contributed by atoms with Crippen molar-refractivity contribution < 1.29 is 9.84 Å². The Balaban J connectivity index is 3.35. The van der Waals surface area contributed by atoms with Crippen molar-refractivity contribution in [3.8, 4) is 23.6 Å². The van der Waals surface area contributed by atoms with Crippen molar-refractivity contribution in [2.75, 3.05) is 7.11 Å². The van der Waals surface area contributed by atoms with Gasteiger partial charge in [-0.2, -0.15) is 10.5 Å². The molecule has 0 bridgehead atoms. The van der Waals surface area contributed by atoms with E-state index in [1.54, 1.807) is 31.2 Å². The first kappa shape index (κ1) is 11.6. The Kier molecular flexibility index (Phi) is 3.53. The molecule has 1 N–H and O–H groups in total. The molecule has 0 aromatic heterocycles. The first-order chi connectivity index (χ1) is 7.62. The van der Waals surface area contributed by atoms with Crippen LogP contribution < -0.4 is 4.74 Å². The van der Waals surface area contributed by atoms with Gasteiger partial charge in [0, 0.05) is 5.56 Å². The van der Waals surface area contributed by atoms with E-state index in [0.29, 0.717) is 16.9 Å². The number of aryl methyl sites for hydroxylation is 1. The molecule has 0 unspecified atom stereocenters. The highest BCUT2D eigenvalue weighted by molar-refractivity contribution is 5.68. The van der Waals surface area contributed by atoms with E-state index in [4.69, 9.17) is 15.3 Å². The second-order valence-corrected chi connectivity index (χ2v) is 3.16. The molecule has 0 fully saturated rings. The maximum absolute atomic E-state index is 9.74. The van der Waals surface area contributed by atoms with Crippen LogP contribution in [0.25, 0.3) is 6.08 Å². The molecule has 1 aromatic rings. The van der Waals surface area contributed by atoms with Crippen LogP contribution in [-0.2, 0) is 0 Å². The van der Waals surface area contributed by atoms with Crippen molar-refractivity contribution in [1.82, 2.24) is 0 Å². The molecule has 0 heterocycles. The first-order valence-electron chi connectivity index (χ1n) is 4.52. The van der Waals surface area contributed by atoms with Crippen molar-refractivity contribution in [3.05, 3.63) is 28.8 Å². The van der Waals surface area contributed by atoms with Crippen LogP contribution in [0.4, 0.5) is 0 Å². The zero-order chi connectivity index (χ0) is 12.1. The summed E-state index contributed by atoms with van der Waals surface area (Å²) in [4.78, 5) is 0. The molecule has 1 rings (SSSR count). The molecule has 0 amide bonds. The predicted molar refractivity (Wildman–Crippen MR) is 58.6 cm³/mol. The van der Waals surface area contributed by atoms with Crippen LogP contribution in [0.5, 0.6) is 11.5 Å². The van der Waals surface area contributed by atoms with E-state index in [1.807, 2.05) is 0 Å². The molecule has 0 atom stereocenters. The number of phenolic OH excluding ortho intramolecular Hbond substituents is 1. The monoisotopic (exact) mass is 214 g/mol. The maximum atomic E-state index is 9.74. The van der Waals surface area contributed by atoms with Gasteiger partial charge in [-0.1, -0.05) is 0 Å². The summed E-state index contributed by atoms with van der Waals surface area (Å²) in [6.07, 6.45) is 1.32. The van der Waals surface area contributed by atoms with E-state index in [0.717, 1.165) is 0 Å². The number of ether oxygens (including phenoxy) is 1. The molecule has 0 radical (unpaired) electrons. The number of hydrogen-bond acceptors (Lipinski definition) is 4. The SMILES string of the molecule is COc1cc(C)c(O)c(C=C(C#N)C#N)c1. The van der Waals surface area contributed by atoms with Crippen LogP contribution in [0.3, 0.4) is 0 Å². The third-order valence-corrected chi connectivity index (χ3v) is 2.08. The molecule has 0 saturated carbocycles. The summed E-state index contributed by atoms with van der Waals surface area (Å²) in [6, 6.07) is 6.70. The molecule has 4 heteroatoms. The fourth-order valence-electron chi connectivity index (χ4n) is 1.25. The fourth-order valence-corrected chi connectivity index (χ4v) is 1.25. The lowest BCUT2D eigenvalue weighted by atomic mass is 10.1. The lowest BCUT2D eigenvalue weighted by molar-refractivity contribution is 0.411. The summed E-state index contributed by atoms with van der Waals surface area (Å²) in [5, 5.41) is 27.0. The quantitative estimate of drug-likeness (QED) is 0.765.